The maximum Gasteiger partial charge on any atom is 0.229 e. The van der Waals surface area contributed by atoms with E-state index in [1.807, 2.05) is 18.2 Å². The molecule has 2 aromatic rings. The molecule has 0 saturated carbocycles. The van der Waals surface area contributed by atoms with Crippen LogP contribution in [0.4, 0.5) is 5.69 Å². The first kappa shape index (κ1) is 17.1. The molecule has 2 aliphatic carbocycles. The molecule has 3 nitrogen and oxygen atoms in total. The van der Waals surface area contributed by atoms with E-state index in [4.69, 9.17) is 0 Å². The van der Waals surface area contributed by atoms with Gasteiger partial charge in [0.15, 0.2) is 0 Å². The zero-order chi connectivity index (χ0) is 18.1. The Morgan fingerprint density at radius 3 is 2.88 bits per heavy atom. The lowest BCUT2D eigenvalue weighted by Gasteiger charge is -2.12. The predicted octanol–water partition coefficient (Wildman–Crippen LogP) is 5.33. The second-order valence-corrected chi connectivity index (χ2v) is 9.14. The van der Waals surface area contributed by atoms with Crippen molar-refractivity contribution in [3.05, 3.63) is 81.6 Å². The number of fused-ring (bicyclic) bond motifs is 2. The molecule has 0 atom stereocenters. The third kappa shape index (κ3) is 3.59. The fourth-order valence-electron chi connectivity index (χ4n) is 3.33. The minimum atomic E-state index is -3.28. The summed E-state index contributed by atoms with van der Waals surface area (Å²) >= 11 is 1.79. The maximum absolute atomic E-state index is 11.5. The molecule has 0 spiro atoms. The van der Waals surface area contributed by atoms with Gasteiger partial charge in [-0.1, -0.05) is 36.4 Å². The van der Waals surface area contributed by atoms with Crippen LogP contribution in [0.25, 0.3) is 17.2 Å². The van der Waals surface area contributed by atoms with Gasteiger partial charge in [0.25, 0.3) is 0 Å². The second-order valence-electron chi connectivity index (χ2n) is 6.47. The lowest BCUT2D eigenvalue weighted by Crippen LogP contribution is -2.09. The van der Waals surface area contributed by atoms with Crippen molar-refractivity contribution in [2.75, 3.05) is 11.0 Å². The monoisotopic (exact) mass is 381 g/mol. The summed E-state index contributed by atoms with van der Waals surface area (Å²) in [5, 5.41) is 2.14. The summed E-state index contributed by atoms with van der Waals surface area (Å²) < 4.78 is 25.5. The van der Waals surface area contributed by atoms with Crippen molar-refractivity contribution >= 4 is 44.3 Å². The lowest BCUT2D eigenvalue weighted by atomic mass is 9.95. The van der Waals surface area contributed by atoms with E-state index in [1.165, 1.54) is 21.6 Å². The van der Waals surface area contributed by atoms with E-state index in [1.54, 1.807) is 17.4 Å². The Hall–Kier alpha value is -2.37. The normalized spacial score (nSPS) is 17.8. The van der Waals surface area contributed by atoms with Crippen LogP contribution < -0.4 is 4.72 Å². The van der Waals surface area contributed by atoms with Crippen molar-refractivity contribution in [2.24, 2.45) is 0 Å². The largest absolute Gasteiger partial charge is 0.284 e. The molecule has 1 aromatic heterocycles. The van der Waals surface area contributed by atoms with Gasteiger partial charge in [0.1, 0.15) is 0 Å². The molecule has 0 aliphatic heterocycles. The number of sulfonamides is 1. The summed E-state index contributed by atoms with van der Waals surface area (Å²) in [5.41, 5.74) is 6.63. The molecule has 0 fully saturated rings. The highest BCUT2D eigenvalue weighted by atomic mass is 32.2. The third-order valence-corrected chi connectivity index (χ3v) is 5.99. The van der Waals surface area contributed by atoms with Gasteiger partial charge in [-0.2, -0.15) is 0 Å². The van der Waals surface area contributed by atoms with E-state index in [0.717, 1.165) is 30.2 Å². The number of rotatable bonds is 3. The summed E-state index contributed by atoms with van der Waals surface area (Å²) in [4.78, 5) is 1.34. The van der Waals surface area contributed by atoms with Gasteiger partial charge in [-0.25, -0.2) is 8.42 Å². The summed E-state index contributed by atoms with van der Waals surface area (Å²) in [6.07, 6.45) is 14.2. The molecule has 5 heteroatoms. The van der Waals surface area contributed by atoms with Gasteiger partial charge >= 0.3 is 0 Å². The van der Waals surface area contributed by atoms with Crippen LogP contribution in [0.2, 0.25) is 0 Å². The third-order valence-electron chi connectivity index (χ3n) is 4.41. The molecule has 0 unspecified atom stereocenters. The second kappa shape index (κ2) is 6.74. The van der Waals surface area contributed by atoms with E-state index in [2.05, 4.69) is 46.5 Å². The standard InChI is InChI=1S/C21H19NO2S2/c1-26(23,24)22-18-7-4-5-15(14-18)13-17-10-9-16-6-2-3-8-19(16)21-20(17)11-12-25-21/h2,4-7,9-14,22H,3,8H2,1H3. The summed E-state index contributed by atoms with van der Waals surface area (Å²) in [7, 11) is -3.28. The van der Waals surface area contributed by atoms with Crippen LogP contribution in [-0.4, -0.2) is 14.7 Å². The van der Waals surface area contributed by atoms with Crippen molar-refractivity contribution in [1.29, 1.82) is 0 Å². The molecule has 1 heterocycles. The molecule has 0 saturated heterocycles. The zero-order valence-electron chi connectivity index (χ0n) is 14.4. The SMILES string of the molecule is CS(=O)(=O)Nc1cccc(C=C2C=CC3=C(CCC=C3)c3sccc32)c1. The first-order chi connectivity index (χ1) is 12.5. The molecule has 2 aliphatic rings. The topological polar surface area (TPSA) is 46.2 Å². The van der Waals surface area contributed by atoms with Gasteiger partial charge in [-0.15, -0.1) is 11.3 Å². The van der Waals surface area contributed by atoms with Crippen LogP contribution in [0, 0.1) is 0 Å². The van der Waals surface area contributed by atoms with Crippen molar-refractivity contribution in [2.45, 2.75) is 12.8 Å². The summed E-state index contributed by atoms with van der Waals surface area (Å²) in [6.45, 7) is 0. The highest BCUT2D eigenvalue weighted by Gasteiger charge is 2.18. The van der Waals surface area contributed by atoms with E-state index in [9.17, 15) is 8.42 Å². The number of hydrogen-bond donors (Lipinski definition) is 1. The summed E-state index contributed by atoms with van der Waals surface area (Å²) in [6, 6.07) is 9.63. The van der Waals surface area contributed by atoms with Gasteiger partial charge in [-0.3, -0.25) is 4.72 Å². The molecule has 26 heavy (non-hydrogen) atoms. The number of nitrogens with one attached hydrogen (secondary N) is 1. The molecule has 1 N–H and O–H groups in total. The van der Waals surface area contributed by atoms with Gasteiger partial charge in [0.05, 0.1) is 6.26 Å². The fourth-order valence-corrected chi connectivity index (χ4v) is 4.91. The van der Waals surface area contributed by atoms with Crippen molar-refractivity contribution in [3.63, 3.8) is 0 Å². The van der Waals surface area contributed by atoms with Gasteiger partial charge in [0.2, 0.25) is 10.0 Å². The molecule has 4 rings (SSSR count). The van der Waals surface area contributed by atoms with E-state index < -0.39 is 10.0 Å². The number of hydrogen-bond acceptors (Lipinski definition) is 3. The lowest BCUT2D eigenvalue weighted by molar-refractivity contribution is 0.607. The number of allylic oxidation sites excluding steroid dienone is 7. The Kier molecular flexibility index (Phi) is 4.42. The van der Waals surface area contributed by atoms with Gasteiger partial charge < -0.3 is 0 Å². The van der Waals surface area contributed by atoms with Gasteiger partial charge in [-0.05, 0) is 70.3 Å². The van der Waals surface area contributed by atoms with E-state index in [-0.39, 0.29) is 0 Å². The zero-order valence-corrected chi connectivity index (χ0v) is 16.0. The predicted molar refractivity (Wildman–Crippen MR) is 112 cm³/mol. The Morgan fingerprint density at radius 1 is 1.15 bits per heavy atom. The fraction of sp³-hybridized carbons (Fsp3) is 0.143. The van der Waals surface area contributed by atoms with Crippen LogP contribution in [0.1, 0.15) is 28.8 Å². The first-order valence-corrected chi connectivity index (χ1v) is 11.2. The molecule has 0 radical (unpaired) electrons. The Labute approximate surface area is 158 Å². The maximum atomic E-state index is 11.5. The van der Waals surface area contributed by atoms with Crippen molar-refractivity contribution < 1.29 is 8.42 Å². The van der Waals surface area contributed by atoms with Crippen LogP contribution in [0.5, 0.6) is 0 Å². The molecular weight excluding hydrogens is 362 g/mol. The van der Waals surface area contributed by atoms with Gasteiger partial charge in [0, 0.05) is 10.6 Å². The summed E-state index contributed by atoms with van der Waals surface area (Å²) in [5.74, 6) is 0. The highest BCUT2D eigenvalue weighted by molar-refractivity contribution is 7.92. The van der Waals surface area contributed by atoms with Crippen LogP contribution >= 0.6 is 11.3 Å². The van der Waals surface area contributed by atoms with Crippen LogP contribution in [0.15, 0.2) is 65.6 Å². The number of anilines is 1. The van der Waals surface area contributed by atoms with Crippen LogP contribution in [0.3, 0.4) is 0 Å². The minimum Gasteiger partial charge on any atom is -0.284 e. The molecule has 0 bridgehead atoms. The molecule has 0 amide bonds. The average molecular weight is 382 g/mol. The Bertz CT molecular complexity index is 1080. The molecular formula is C21H19NO2S2. The quantitative estimate of drug-likeness (QED) is 0.781. The van der Waals surface area contributed by atoms with Crippen LogP contribution in [-0.2, 0) is 10.0 Å². The Balaban J connectivity index is 1.75. The number of thiophene rings is 1. The average Bonchev–Trinajstić information content (AvgIpc) is 3.02. The van der Waals surface area contributed by atoms with Crippen molar-refractivity contribution in [3.8, 4) is 0 Å². The van der Waals surface area contributed by atoms with Crippen molar-refractivity contribution in [1.82, 2.24) is 0 Å². The van der Waals surface area contributed by atoms with E-state index >= 15 is 0 Å². The molecule has 1 aromatic carbocycles. The minimum absolute atomic E-state index is 0.574. The highest BCUT2D eigenvalue weighted by Crippen LogP contribution is 2.40. The Morgan fingerprint density at radius 2 is 2.04 bits per heavy atom. The molecule has 132 valence electrons. The number of benzene rings is 1. The first-order valence-electron chi connectivity index (χ1n) is 8.45. The van der Waals surface area contributed by atoms with E-state index in [0.29, 0.717) is 5.69 Å². The smallest absolute Gasteiger partial charge is 0.229 e.